The molecule has 0 radical (unpaired) electrons. The van der Waals surface area contributed by atoms with Crippen molar-refractivity contribution in [3.8, 4) is 40.0 Å². The van der Waals surface area contributed by atoms with Gasteiger partial charge in [-0.2, -0.15) is 5.26 Å². The molecular formula is C30H22N6O4S. The number of anilines is 1. The average Bonchev–Trinajstić information content (AvgIpc) is 3.57. The minimum absolute atomic E-state index is 0.0191. The lowest BCUT2D eigenvalue weighted by atomic mass is 9.98. The van der Waals surface area contributed by atoms with Crippen molar-refractivity contribution in [2.45, 2.75) is 5.16 Å². The number of furan rings is 1. The van der Waals surface area contributed by atoms with Crippen LogP contribution in [0.3, 0.4) is 0 Å². The standard InChI is InChI=1S/C30H22N6O4S/c1-38-19-11-7-17(8-12-19)25-22(15-31)29(40-27(25)18-9-13-20(39-2)14-10-18)33-24(37)16-41-30-34-28-26(35-36-30)21-5-3-4-6-23(21)32-28/h3-14H,16H2,1-2H3,(H,33,37)(H,32,34,36). The summed E-state index contributed by atoms with van der Waals surface area (Å²) in [6.07, 6.45) is 0. The topological polar surface area (TPSA) is 139 Å². The molecule has 6 aromatic rings. The van der Waals surface area contributed by atoms with Crippen LogP contribution in [0.15, 0.2) is 82.4 Å². The maximum absolute atomic E-state index is 13.0. The minimum Gasteiger partial charge on any atom is -0.497 e. The zero-order valence-corrected chi connectivity index (χ0v) is 22.8. The number of fused-ring (bicyclic) bond motifs is 3. The van der Waals surface area contributed by atoms with Gasteiger partial charge < -0.3 is 18.9 Å². The van der Waals surface area contributed by atoms with Gasteiger partial charge in [0, 0.05) is 22.0 Å². The van der Waals surface area contributed by atoms with Crippen molar-refractivity contribution in [3.05, 3.63) is 78.4 Å². The van der Waals surface area contributed by atoms with Crippen LogP contribution in [0.2, 0.25) is 0 Å². The Morgan fingerprint density at radius 1 is 0.976 bits per heavy atom. The molecule has 0 fully saturated rings. The van der Waals surface area contributed by atoms with E-state index in [0.717, 1.165) is 28.2 Å². The Morgan fingerprint density at radius 2 is 1.66 bits per heavy atom. The van der Waals surface area contributed by atoms with Gasteiger partial charge >= 0.3 is 0 Å². The number of hydrogen-bond acceptors (Lipinski definition) is 9. The number of methoxy groups -OCH3 is 2. The molecule has 0 atom stereocenters. The van der Waals surface area contributed by atoms with Crippen molar-refractivity contribution in [1.82, 2.24) is 20.2 Å². The van der Waals surface area contributed by atoms with Crippen LogP contribution in [0.5, 0.6) is 11.5 Å². The first kappa shape index (κ1) is 25.9. The molecule has 3 aromatic carbocycles. The molecule has 0 aliphatic rings. The van der Waals surface area contributed by atoms with E-state index in [1.165, 1.54) is 0 Å². The Kier molecular flexibility index (Phi) is 6.97. The van der Waals surface area contributed by atoms with Gasteiger partial charge in [0.05, 0.1) is 20.0 Å². The summed E-state index contributed by atoms with van der Waals surface area (Å²) in [5, 5.41) is 22.6. The fraction of sp³-hybridized carbons (Fsp3) is 0.100. The molecule has 0 spiro atoms. The summed E-state index contributed by atoms with van der Waals surface area (Å²) >= 11 is 1.13. The Balaban J connectivity index is 1.28. The SMILES string of the molecule is COc1ccc(-c2oc(NC(=O)CSc3nnc4c(n3)[nH]c3ccccc34)c(C#N)c2-c2ccc(OC)cc2)cc1. The molecule has 0 aliphatic heterocycles. The number of nitrogens with zero attached hydrogens (tertiary/aromatic N) is 4. The van der Waals surface area contributed by atoms with Gasteiger partial charge in [-0.3, -0.25) is 10.1 Å². The van der Waals surface area contributed by atoms with Gasteiger partial charge in [-0.05, 0) is 48.0 Å². The second kappa shape index (κ2) is 11.0. The first-order valence-corrected chi connectivity index (χ1v) is 13.5. The second-order valence-corrected chi connectivity index (χ2v) is 9.82. The van der Waals surface area contributed by atoms with E-state index >= 15 is 0 Å². The van der Waals surface area contributed by atoms with Crippen LogP contribution >= 0.6 is 11.8 Å². The van der Waals surface area contributed by atoms with Crippen LogP contribution in [0.25, 0.3) is 44.5 Å². The van der Waals surface area contributed by atoms with E-state index < -0.39 is 0 Å². The maximum Gasteiger partial charge on any atom is 0.237 e. The van der Waals surface area contributed by atoms with Crippen molar-refractivity contribution in [1.29, 1.82) is 5.26 Å². The summed E-state index contributed by atoms with van der Waals surface area (Å²) in [6, 6.07) is 24.5. The van der Waals surface area contributed by atoms with Crippen LogP contribution in [-0.2, 0) is 4.79 Å². The summed E-state index contributed by atoms with van der Waals surface area (Å²) < 4.78 is 16.7. The number of carbonyl (C=O) groups is 1. The van der Waals surface area contributed by atoms with Gasteiger partial charge in [-0.15, -0.1) is 10.2 Å². The first-order chi connectivity index (χ1) is 20.1. The molecular weight excluding hydrogens is 540 g/mol. The van der Waals surface area contributed by atoms with Crippen LogP contribution in [-0.4, -0.2) is 46.0 Å². The summed E-state index contributed by atoms with van der Waals surface area (Å²) in [5.41, 5.74) is 4.38. The van der Waals surface area contributed by atoms with Gasteiger partial charge in [0.15, 0.2) is 5.65 Å². The predicted molar refractivity (Wildman–Crippen MR) is 156 cm³/mol. The molecule has 11 heteroatoms. The van der Waals surface area contributed by atoms with Crippen LogP contribution in [0.1, 0.15) is 5.56 Å². The third-order valence-corrected chi connectivity index (χ3v) is 7.28. The highest BCUT2D eigenvalue weighted by Gasteiger charge is 2.25. The normalized spacial score (nSPS) is 11.0. The quantitative estimate of drug-likeness (QED) is 0.212. The Morgan fingerprint density at radius 3 is 2.34 bits per heavy atom. The number of para-hydroxylation sites is 1. The van der Waals surface area contributed by atoms with E-state index in [0.29, 0.717) is 44.7 Å². The number of rotatable bonds is 8. The van der Waals surface area contributed by atoms with Crippen molar-refractivity contribution in [2.75, 3.05) is 25.3 Å². The number of hydrogen-bond donors (Lipinski definition) is 2. The lowest BCUT2D eigenvalue weighted by molar-refractivity contribution is -0.113. The van der Waals surface area contributed by atoms with Gasteiger partial charge in [0.1, 0.15) is 34.4 Å². The molecule has 0 saturated heterocycles. The molecule has 3 aromatic heterocycles. The highest BCUT2D eigenvalue weighted by Crippen LogP contribution is 2.42. The summed E-state index contributed by atoms with van der Waals surface area (Å²) in [7, 11) is 3.17. The molecule has 202 valence electrons. The van der Waals surface area contributed by atoms with Crippen LogP contribution in [0, 0.1) is 11.3 Å². The van der Waals surface area contributed by atoms with Crippen molar-refractivity contribution < 1.29 is 18.7 Å². The zero-order valence-electron chi connectivity index (χ0n) is 22.0. The van der Waals surface area contributed by atoms with E-state index in [9.17, 15) is 10.1 Å². The molecule has 6 rings (SSSR count). The number of aromatic nitrogens is 4. The second-order valence-electron chi connectivity index (χ2n) is 8.88. The van der Waals surface area contributed by atoms with E-state index in [2.05, 4.69) is 31.6 Å². The van der Waals surface area contributed by atoms with Gasteiger partial charge in [0.25, 0.3) is 0 Å². The summed E-state index contributed by atoms with van der Waals surface area (Å²) in [5.74, 6) is 1.45. The van der Waals surface area contributed by atoms with E-state index in [1.807, 2.05) is 48.5 Å². The fourth-order valence-corrected chi connectivity index (χ4v) is 5.05. The number of benzene rings is 3. The molecule has 0 bridgehead atoms. The Hall–Kier alpha value is -5.34. The number of thioether (sulfide) groups is 1. The Labute approximate surface area is 238 Å². The summed E-state index contributed by atoms with van der Waals surface area (Å²) in [6.45, 7) is 0. The van der Waals surface area contributed by atoms with E-state index in [-0.39, 0.29) is 23.1 Å². The van der Waals surface area contributed by atoms with Crippen molar-refractivity contribution in [2.24, 2.45) is 0 Å². The van der Waals surface area contributed by atoms with Crippen molar-refractivity contribution in [3.63, 3.8) is 0 Å². The van der Waals surface area contributed by atoms with Crippen LogP contribution < -0.4 is 14.8 Å². The van der Waals surface area contributed by atoms with E-state index in [4.69, 9.17) is 13.9 Å². The summed E-state index contributed by atoms with van der Waals surface area (Å²) in [4.78, 5) is 20.7. The number of nitrogens with one attached hydrogen (secondary N) is 2. The number of aromatic amines is 1. The molecule has 0 saturated carbocycles. The Bertz CT molecular complexity index is 1920. The first-order valence-electron chi connectivity index (χ1n) is 12.5. The number of nitriles is 1. The highest BCUT2D eigenvalue weighted by molar-refractivity contribution is 7.99. The number of amides is 1. The molecule has 41 heavy (non-hydrogen) atoms. The minimum atomic E-state index is -0.386. The van der Waals surface area contributed by atoms with E-state index in [1.54, 1.807) is 38.5 Å². The number of ether oxygens (including phenoxy) is 2. The average molecular weight is 563 g/mol. The predicted octanol–water partition coefficient (Wildman–Crippen LogP) is 6.05. The van der Waals surface area contributed by atoms with Gasteiger partial charge in [-0.25, -0.2) is 4.98 Å². The molecule has 1 amide bonds. The third kappa shape index (κ3) is 5.04. The fourth-order valence-electron chi connectivity index (χ4n) is 4.46. The zero-order chi connectivity index (χ0) is 28.3. The molecule has 0 unspecified atom stereocenters. The smallest absolute Gasteiger partial charge is 0.237 e. The molecule has 3 heterocycles. The number of H-pyrrole nitrogens is 1. The van der Waals surface area contributed by atoms with Crippen LogP contribution in [0.4, 0.5) is 5.88 Å². The van der Waals surface area contributed by atoms with Gasteiger partial charge in [0.2, 0.25) is 16.9 Å². The van der Waals surface area contributed by atoms with Gasteiger partial charge in [-0.1, -0.05) is 42.1 Å². The maximum atomic E-state index is 13.0. The number of carbonyl (C=O) groups excluding carboxylic acids is 1. The lowest BCUT2D eigenvalue weighted by Crippen LogP contribution is -2.14. The highest BCUT2D eigenvalue weighted by atomic mass is 32.2. The lowest BCUT2D eigenvalue weighted by Gasteiger charge is -2.06. The monoisotopic (exact) mass is 562 g/mol. The molecule has 0 aliphatic carbocycles. The third-order valence-electron chi connectivity index (χ3n) is 6.44. The largest absolute Gasteiger partial charge is 0.497 e. The molecule has 10 nitrogen and oxygen atoms in total. The molecule has 2 N–H and O–H groups in total. The van der Waals surface area contributed by atoms with Crippen molar-refractivity contribution >= 4 is 45.6 Å².